The van der Waals surface area contributed by atoms with Crippen molar-refractivity contribution in [3.63, 3.8) is 0 Å². The van der Waals surface area contributed by atoms with Gasteiger partial charge in [0.2, 0.25) is 0 Å². The van der Waals surface area contributed by atoms with Crippen molar-refractivity contribution in [2.75, 3.05) is 12.8 Å². The summed E-state index contributed by atoms with van der Waals surface area (Å²) in [6.45, 7) is 1.16. The number of aryl methyl sites for hydroxylation is 1. The molecule has 3 heteroatoms. The molecule has 2 aliphatic carbocycles. The highest BCUT2D eigenvalue weighted by molar-refractivity contribution is 8.00. The van der Waals surface area contributed by atoms with Gasteiger partial charge in [0.05, 0.1) is 6.26 Å². The molecule has 2 nitrogen and oxygen atoms in total. The van der Waals surface area contributed by atoms with E-state index in [-0.39, 0.29) is 0 Å². The van der Waals surface area contributed by atoms with E-state index in [1.807, 2.05) is 18.0 Å². The Bertz CT molecular complexity index is 378. The Hall–Kier alpha value is -0.410. The lowest BCUT2D eigenvalue weighted by Crippen LogP contribution is -2.44. The molecule has 94 valence electrons. The number of hydrogen-bond acceptors (Lipinski definition) is 3. The molecule has 2 aliphatic rings. The van der Waals surface area contributed by atoms with Gasteiger partial charge < -0.3 is 9.73 Å². The third-order valence-electron chi connectivity index (χ3n) is 4.42. The second kappa shape index (κ2) is 4.69. The van der Waals surface area contributed by atoms with Crippen molar-refractivity contribution in [2.24, 2.45) is 0 Å². The summed E-state index contributed by atoms with van der Waals surface area (Å²) in [6.07, 6.45) is 11.9. The fraction of sp³-hybridized carbons (Fsp3) is 0.714. The van der Waals surface area contributed by atoms with E-state index in [0.717, 1.165) is 13.0 Å². The lowest BCUT2D eigenvalue weighted by atomic mass is 9.83. The zero-order chi connectivity index (χ0) is 11.7. The van der Waals surface area contributed by atoms with E-state index in [1.54, 1.807) is 0 Å². The summed E-state index contributed by atoms with van der Waals surface area (Å²) in [5.74, 6) is 1.21. The lowest BCUT2D eigenvalue weighted by molar-refractivity contribution is 0.317. The zero-order valence-electron chi connectivity index (χ0n) is 10.5. The summed E-state index contributed by atoms with van der Waals surface area (Å²) in [7, 11) is 0. The molecular weight excluding hydrogens is 230 g/mol. The molecule has 0 saturated heterocycles. The van der Waals surface area contributed by atoms with Crippen LogP contribution in [0.3, 0.4) is 0 Å². The molecule has 0 radical (unpaired) electrons. The van der Waals surface area contributed by atoms with E-state index in [4.69, 9.17) is 4.42 Å². The molecular formula is C14H21NOS. The van der Waals surface area contributed by atoms with Crippen LogP contribution < -0.4 is 5.32 Å². The van der Waals surface area contributed by atoms with Crippen molar-refractivity contribution in [3.8, 4) is 0 Å². The van der Waals surface area contributed by atoms with Gasteiger partial charge in [-0.15, -0.1) is 0 Å². The van der Waals surface area contributed by atoms with E-state index < -0.39 is 0 Å². The van der Waals surface area contributed by atoms with Crippen LogP contribution in [-0.4, -0.2) is 17.5 Å². The minimum Gasteiger partial charge on any atom is -0.469 e. The van der Waals surface area contributed by atoms with Gasteiger partial charge in [0.1, 0.15) is 5.76 Å². The van der Waals surface area contributed by atoms with Crippen LogP contribution in [0, 0.1) is 0 Å². The van der Waals surface area contributed by atoms with E-state index in [2.05, 4.69) is 17.6 Å². The number of nitrogens with one attached hydrogen (secondary N) is 1. The molecule has 1 unspecified atom stereocenters. The molecule has 17 heavy (non-hydrogen) atoms. The van der Waals surface area contributed by atoms with Crippen molar-refractivity contribution in [1.82, 2.24) is 5.32 Å². The molecule has 0 spiro atoms. The van der Waals surface area contributed by atoms with Crippen LogP contribution in [0.15, 0.2) is 16.7 Å². The standard InChI is InChI=1S/C14H21NOS/c1-17-14(7-3-8-14)10-15-12-4-2-5-13-11(12)6-9-16-13/h6,9,12,15H,2-5,7-8,10H2,1H3. The van der Waals surface area contributed by atoms with Crippen molar-refractivity contribution >= 4 is 11.8 Å². The first-order valence-electron chi connectivity index (χ1n) is 6.68. The molecule has 1 saturated carbocycles. The SMILES string of the molecule is CSC1(CNC2CCCc3occc32)CCC1. The predicted octanol–water partition coefficient (Wildman–Crippen LogP) is 3.53. The average molecular weight is 251 g/mol. The summed E-state index contributed by atoms with van der Waals surface area (Å²) in [5, 5.41) is 3.78. The molecule has 1 N–H and O–H groups in total. The molecule has 3 rings (SSSR count). The topological polar surface area (TPSA) is 25.2 Å². The molecule has 1 heterocycles. The molecule has 1 aromatic rings. The predicted molar refractivity (Wildman–Crippen MR) is 72.5 cm³/mol. The van der Waals surface area contributed by atoms with Gasteiger partial charge in [0.25, 0.3) is 0 Å². The third kappa shape index (κ3) is 2.15. The molecule has 0 aromatic carbocycles. The van der Waals surface area contributed by atoms with E-state index in [9.17, 15) is 0 Å². The van der Waals surface area contributed by atoms with Gasteiger partial charge in [0.15, 0.2) is 0 Å². The Morgan fingerprint density at radius 3 is 3.06 bits per heavy atom. The highest BCUT2D eigenvalue weighted by Crippen LogP contribution is 2.43. The third-order valence-corrected chi connectivity index (χ3v) is 5.84. The van der Waals surface area contributed by atoms with Gasteiger partial charge in [-0.1, -0.05) is 6.42 Å². The van der Waals surface area contributed by atoms with Crippen molar-refractivity contribution in [1.29, 1.82) is 0 Å². The first kappa shape index (κ1) is 11.7. The number of thioether (sulfide) groups is 1. The first-order chi connectivity index (χ1) is 8.33. The Morgan fingerprint density at radius 2 is 2.35 bits per heavy atom. The first-order valence-corrected chi connectivity index (χ1v) is 7.90. The fourth-order valence-corrected chi connectivity index (χ4v) is 3.96. The maximum Gasteiger partial charge on any atom is 0.108 e. The van der Waals surface area contributed by atoms with Crippen LogP contribution in [0.1, 0.15) is 49.5 Å². The summed E-state index contributed by atoms with van der Waals surface area (Å²) in [5.41, 5.74) is 1.41. The van der Waals surface area contributed by atoms with Crippen molar-refractivity contribution in [2.45, 2.75) is 49.3 Å². The van der Waals surface area contributed by atoms with Crippen LogP contribution in [0.5, 0.6) is 0 Å². The minimum atomic E-state index is 0.529. The van der Waals surface area contributed by atoms with Crippen LogP contribution >= 0.6 is 11.8 Å². The maximum absolute atomic E-state index is 5.54. The fourth-order valence-electron chi connectivity index (χ4n) is 3.03. The van der Waals surface area contributed by atoms with Crippen LogP contribution in [-0.2, 0) is 6.42 Å². The second-order valence-electron chi connectivity index (χ2n) is 5.37. The van der Waals surface area contributed by atoms with Gasteiger partial charge in [-0.05, 0) is 38.0 Å². The summed E-state index contributed by atoms with van der Waals surface area (Å²) < 4.78 is 6.07. The van der Waals surface area contributed by atoms with Gasteiger partial charge in [-0.25, -0.2) is 0 Å². The number of fused-ring (bicyclic) bond motifs is 1. The second-order valence-corrected chi connectivity index (χ2v) is 6.64. The quantitative estimate of drug-likeness (QED) is 0.886. The normalized spacial score (nSPS) is 26.3. The lowest BCUT2D eigenvalue weighted by Gasteiger charge is -2.42. The molecule has 1 aromatic heterocycles. The molecule has 0 bridgehead atoms. The van der Waals surface area contributed by atoms with Crippen LogP contribution in [0.4, 0.5) is 0 Å². The molecule has 1 fully saturated rings. The summed E-state index contributed by atoms with van der Waals surface area (Å²) in [4.78, 5) is 0. The van der Waals surface area contributed by atoms with E-state index >= 15 is 0 Å². The Morgan fingerprint density at radius 1 is 1.47 bits per heavy atom. The van der Waals surface area contributed by atoms with Gasteiger partial charge in [-0.2, -0.15) is 11.8 Å². The van der Waals surface area contributed by atoms with E-state index in [0.29, 0.717) is 10.8 Å². The van der Waals surface area contributed by atoms with Gasteiger partial charge in [0, 0.05) is 29.3 Å². The summed E-state index contributed by atoms with van der Waals surface area (Å²) >= 11 is 2.05. The Kier molecular flexibility index (Phi) is 3.22. The maximum atomic E-state index is 5.54. The smallest absolute Gasteiger partial charge is 0.108 e. The number of hydrogen-bond donors (Lipinski definition) is 1. The average Bonchev–Trinajstić information content (AvgIpc) is 2.77. The van der Waals surface area contributed by atoms with Crippen molar-refractivity contribution < 1.29 is 4.42 Å². The molecule has 0 aliphatic heterocycles. The summed E-state index contributed by atoms with van der Waals surface area (Å²) in [6, 6.07) is 2.68. The van der Waals surface area contributed by atoms with Crippen molar-refractivity contribution in [3.05, 3.63) is 23.7 Å². The Labute approximate surface area is 108 Å². The van der Waals surface area contributed by atoms with Gasteiger partial charge >= 0.3 is 0 Å². The number of furan rings is 1. The molecule has 0 amide bonds. The largest absolute Gasteiger partial charge is 0.469 e. The van der Waals surface area contributed by atoms with Crippen LogP contribution in [0.2, 0.25) is 0 Å². The minimum absolute atomic E-state index is 0.529. The monoisotopic (exact) mass is 251 g/mol. The number of rotatable bonds is 4. The van der Waals surface area contributed by atoms with Crippen LogP contribution in [0.25, 0.3) is 0 Å². The highest BCUT2D eigenvalue weighted by Gasteiger charge is 2.36. The zero-order valence-corrected chi connectivity index (χ0v) is 11.3. The highest BCUT2D eigenvalue weighted by atomic mass is 32.2. The molecule has 1 atom stereocenters. The van der Waals surface area contributed by atoms with E-state index in [1.165, 1.54) is 43.4 Å². The Balaban J connectivity index is 1.63. The van der Waals surface area contributed by atoms with Gasteiger partial charge in [-0.3, -0.25) is 0 Å².